The van der Waals surface area contributed by atoms with Crippen LogP contribution >= 0.6 is 15.9 Å². The predicted molar refractivity (Wildman–Crippen MR) is 52.6 cm³/mol. The number of halogens is 1. The highest BCUT2D eigenvalue weighted by atomic mass is 79.9. The molecule has 3 nitrogen and oxygen atoms in total. The summed E-state index contributed by atoms with van der Waals surface area (Å²) in [5.41, 5.74) is 5.54. The molecule has 1 aromatic rings. The molecule has 4 heteroatoms. The molecular weight excluding hydrogens is 232 g/mol. The van der Waals surface area contributed by atoms with Crippen molar-refractivity contribution < 1.29 is 4.79 Å². The topological polar surface area (TPSA) is 56.0 Å². The Kier molecular flexibility index (Phi) is 3.47. The van der Waals surface area contributed by atoms with Crippen LogP contribution in [0.25, 0.3) is 0 Å². The van der Waals surface area contributed by atoms with E-state index >= 15 is 0 Å². The van der Waals surface area contributed by atoms with E-state index in [4.69, 9.17) is 5.73 Å². The third-order valence-corrected chi connectivity index (χ3v) is 1.68. The van der Waals surface area contributed by atoms with Crippen molar-refractivity contribution in [3.05, 3.63) is 28.5 Å². The van der Waals surface area contributed by atoms with Crippen LogP contribution in [-0.2, 0) is 4.79 Å². The van der Waals surface area contributed by atoms with Gasteiger partial charge in [0.25, 0.3) is 0 Å². The molecule has 0 unspecified atom stereocenters. The van der Waals surface area contributed by atoms with Gasteiger partial charge in [-0.15, -0.1) is 0 Å². The van der Waals surface area contributed by atoms with Gasteiger partial charge in [0.1, 0.15) is 5.69 Å². The Balaban J connectivity index is 2.67. The highest BCUT2D eigenvalue weighted by Gasteiger charge is 1.89. The van der Waals surface area contributed by atoms with Gasteiger partial charge in [-0.1, -0.05) is 5.92 Å². The Bertz CT molecular complexity index is 361. The minimum atomic E-state index is -0.426. The maximum Gasteiger partial charge on any atom is 0.229 e. The molecule has 1 amide bonds. The van der Waals surface area contributed by atoms with Crippen LogP contribution in [0.15, 0.2) is 22.8 Å². The molecule has 66 valence electrons. The van der Waals surface area contributed by atoms with E-state index in [1.54, 1.807) is 12.3 Å². The number of primary amides is 1. The summed E-state index contributed by atoms with van der Waals surface area (Å²) in [4.78, 5) is 14.3. The lowest BCUT2D eigenvalue weighted by Gasteiger charge is -1.88. The van der Waals surface area contributed by atoms with Crippen molar-refractivity contribution >= 4 is 21.8 Å². The van der Waals surface area contributed by atoms with Gasteiger partial charge in [0.15, 0.2) is 0 Å². The Morgan fingerprint density at radius 2 is 2.38 bits per heavy atom. The minimum absolute atomic E-state index is 0.0672. The van der Waals surface area contributed by atoms with E-state index in [1.807, 2.05) is 6.07 Å². The fourth-order valence-corrected chi connectivity index (χ4v) is 0.906. The van der Waals surface area contributed by atoms with Gasteiger partial charge in [0, 0.05) is 10.7 Å². The normalized spacial score (nSPS) is 8.69. The summed E-state index contributed by atoms with van der Waals surface area (Å²) in [6.45, 7) is 0. The van der Waals surface area contributed by atoms with E-state index in [0.717, 1.165) is 4.47 Å². The van der Waals surface area contributed by atoms with Gasteiger partial charge in [0.05, 0.1) is 6.42 Å². The van der Waals surface area contributed by atoms with Gasteiger partial charge in [-0.25, -0.2) is 4.98 Å². The maximum atomic E-state index is 10.3. The lowest BCUT2D eigenvalue weighted by atomic mass is 10.3. The first kappa shape index (κ1) is 9.75. The van der Waals surface area contributed by atoms with Gasteiger partial charge in [0.2, 0.25) is 5.91 Å². The molecule has 0 saturated heterocycles. The van der Waals surface area contributed by atoms with Gasteiger partial charge in [-0.3, -0.25) is 4.79 Å². The standard InChI is InChI=1S/C9H7BrN2O/c10-7-4-5-8(12-6-7)2-1-3-9(11)13/h4-6H,3H2,(H2,11,13). The van der Waals surface area contributed by atoms with Crippen molar-refractivity contribution in [2.75, 3.05) is 0 Å². The number of aromatic nitrogens is 1. The highest BCUT2D eigenvalue weighted by molar-refractivity contribution is 9.10. The lowest BCUT2D eigenvalue weighted by Crippen LogP contribution is -2.08. The summed E-state index contributed by atoms with van der Waals surface area (Å²) < 4.78 is 0.896. The molecule has 1 aromatic heterocycles. The van der Waals surface area contributed by atoms with Crippen molar-refractivity contribution in [2.24, 2.45) is 5.73 Å². The lowest BCUT2D eigenvalue weighted by molar-refractivity contribution is -0.117. The summed E-state index contributed by atoms with van der Waals surface area (Å²) in [6, 6.07) is 3.60. The number of carbonyl (C=O) groups is 1. The summed E-state index contributed by atoms with van der Waals surface area (Å²) in [5.74, 6) is 4.91. The number of hydrogen-bond donors (Lipinski definition) is 1. The molecule has 13 heavy (non-hydrogen) atoms. The molecule has 1 heterocycles. The number of pyridine rings is 1. The molecular formula is C9H7BrN2O. The molecule has 1 rings (SSSR count). The fraction of sp³-hybridized carbons (Fsp3) is 0.111. The van der Waals surface area contributed by atoms with E-state index in [0.29, 0.717) is 5.69 Å². The second-order valence-electron chi connectivity index (χ2n) is 2.31. The molecule has 2 N–H and O–H groups in total. The van der Waals surface area contributed by atoms with Crippen molar-refractivity contribution in [2.45, 2.75) is 6.42 Å². The number of nitrogens with zero attached hydrogens (tertiary/aromatic N) is 1. The number of carbonyl (C=O) groups excluding carboxylic acids is 1. The van der Waals surface area contributed by atoms with Crippen molar-refractivity contribution in [3.63, 3.8) is 0 Å². The molecule has 0 aliphatic heterocycles. The van der Waals surface area contributed by atoms with Gasteiger partial charge < -0.3 is 5.73 Å². The smallest absolute Gasteiger partial charge is 0.229 e. The van der Waals surface area contributed by atoms with Crippen LogP contribution < -0.4 is 5.73 Å². The molecule has 0 radical (unpaired) electrons. The van der Waals surface area contributed by atoms with Crippen molar-refractivity contribution in [3.8, 4) is 11.8 Å². The van der Waals surface area contributed by atoms with Crippen LogP contribution in [-0.4, -0.2) is 10.9 Å². The van der Waals surface area contributed by atoms with Crippen molar-refractivity contribution in [1.82, 2.24) is 4.98 Å². The molecule has 0 aliphatic carbocycles. The molecule has 0 saturated carbocycles. The van der Waals surface area contributed by atoms with Crippen LogP contribution in [0.2, 0.25) is 0 Å². The Morgan fingerprint density at radius 3 is 2.92 bits per heavy atom. The molecule has 0 atom stereocenters. The first-order valence-corrected chi connectivity index (χ1v) is 4.36. The summed E-state index contributed by atoms with van der Waals surface area (Å²) in [6.07, 6.45) is 1.71. The molecule has 0 aliphatic rings. The fourth-order valence-electron chi connectivity index (χ4n) is 0.672. The maximum absolute atomic E-state index is 10.3. The second-order valence-corrected chi connectivity index (χ2v) is 3.22. The monoisotopic (exact) mass is 238 g/mol. The van der Waals surface area contributed by atoms with Crippen LogP contribution in [0, 0.1) is 11.8 Å². The summed E-state index contributed by atoms with van der Waals surface area (Å²) >= 11 is 3.25. The average Bonchev–Trinajstić information content (AvgIpc) is 2.08. The van der Waals surface area contributed by atoms with E-state index in [9.17, 15) is 4.79 Å². The zero-order valence-corrected chi connectivity index (χ0v) is 8.34. The summed E-state index contributed by atoms with van der Waals surface area (Å²) in [7, 11) is 0. The van der Waals surface area contributed by atoms with E-state index < -0.39 is 5.91 Å². The molecule has 0 aromatic carbocycles. The van der Waals surface area contributed by atoms with Crippen LogP contribution in [0.5, 0.6) is 0 Å². The Labute approximate surface area is 84.5 Å². The van der Waals surface area contributed by atoms with Crippen LogP contribution in [0.4, 0.5) is 0 Å². The molecule has 0 fully saturated rings. The van der Waals surface area contributed by atoms with Gasteiger partial charge in [-0.05, 0) is 34.0 Å². The zero-order valence-electron chi connectivity index (χ0n) is 6.75. The first-order valence-electron chi connectivity index (χ1n) is 3.57. The number of rotatable bonds is 1. The van der Waals surface area contributed by atoms with E-state index in [2.05, 4.69) is 32.8 Å². The number of nitrogens with two attached hydrogens (primary N) is 1. The highest BCUT2D eigenvalue weighted by Crippen LogP contribution is 2.06. The SMILES string of the molecule is NC(=O)CC#Cc1ccc(Br)cn1. The third-order valence-electron chi connectivity index (χ3n) is 1.21. The second kappa shape index (κ2) is 4.63. The minimum Gasteiger partial charge on any atom is -0.369 e. The van der Waals surface area contributed by atoms with E-state index in [1.165, 1.54) is 0 Å². The van der Waals surface area contributed by atoms with Crippen LogP contribution in [0.1, 0.15) is 12.1 Å². The molecule has 0 bridgehead atoms. The van der Waals surface area contributed by atoms with Crippen molar-refractivity contribution in [1.29, 1.82) is 0 Å². The summed E-state index contributed by atoms with van der Waals surface area (Å²) in [5, 5.41) is 0. The zero-order chi connectivity index (χ0) is 9.68. The molecule has 0 spiro atoms. The van der Waals surface area contributed by atoms with Gasteiger partial charge in [-0.2, -0.15) is 0 Å². The number of hydrogen-bond acceptors (Lipinski definition) is 2. The Morgan fingerprint density at radius 1 is 1.62 bits per heavy atom. The average molecular weight is 239 g/mol. The third kappa shape index (κ3) is 3.72. The Hall–Kier alpha value is -1.34. The first-order chi connectivity index (χ1) is 6.18. The van der Waals surface area contributed by atoms with Crippen LogP contribution in [0.3, 0.4) is 0 Å². The largest absolute Gasteiger partial charge is 0.369 e. The number of amides is 1. The van der Waals surface area contributed by atoms with Gasteiger partial charge >= 0.3 is 0 Å². The predicted octanol–water partition coefficient (Wildman–Crippen LogP) is 1.07. The van der Waals surface area contributed by atoms with E-state index in [-0.39, 0.29) is 6.42 Å². The quantitative estimate of drug-likeness (QED) is 0.745.